The van der Waals surface area contributed by atoms with E-state index in [0.29, 0.717) is 5.92 Å². The Morgan fingerprint density at radius 2 is 1.94 bits per heavy atom. The van der Waals surface area contributed by atoms with Crippen molar-refractivity contribution in [3.05, 3.63) is 35.9 Å². The molecule has 86 valence electrons. The van der Waals surface area contributed by atoms with Gasteiger partial charge in [0.2, 0.25) is 5.91 Å². The van der Waals surface area contributed by atoms with Crippen LogP contribution in [-0.2, 0) is 11.3 Å². The molecule has 0 bridgehead atoms. The van der Waals surface area contributed by atoms with Crippen LogP contribution in [-0.4, -0.2) is 17.4 Å². The van der Waals surface area contributed by atoms with E-state index in [1.807, 2.05) is 36.9 Å². The van der Waals surface area contributed by atoms with Crippen molar-refractivity contribution in [2.45, 2.75) is 27.3 Å². The maximum Gasteiger partial charge on any atom is 0.228 e. The molecule has 2 nitrogen and oxygen atoms in total. The molecule has 1 aromatic rings. The van der Waals surface area contributed by atoms with E-state index in [-0.39, 0.29) is 11.3 Å². The number of amides is 1. The van der Waals surface area contributed by atoms with Gasteiger partial charge < -0.3 is 4.90 Å². The van der Waals surface area contributed by atoms with Crippen LogP contribution >= 0.6 is 0 Å². The lowest BCUT2D eigenvalue weighted by Crippen LogP contribution is -2.31. The molecule has 0 saturated carbocycles. The first-order valence-corrected chi connectivity index (χ1v) is 5.85. The van der Waals surface area contributed by atoms with E-state index in [1.165, 1.54) is 5.56 Å². The normalized spacial score (nSPS) is 23.8. The lowest BCUT2D eigenvalue weighted by atomic mass is 9.83. The molecule has 1 aliphatic heterocycles. The number of rotatable bonds is 2. The fraction of sp³-hybridized carbons (Fsp3) is 0.500. The first-order chi connectivity index (χ1) is 7.51. The van der Waals surface area contributed by atoms with E-state index < -0.39 is 0 Å². The molecule has 1 atom stereocenters. The average Bonchev–Trinajstić information content (AvgIpc) is 2.45. The van der Waals surface area contributed by atoms with Gasteiger partial charge in [0.25, 0.3) is 0 Å². The van der Waals surface area contributed by atoms with Crippen molar-refractivity contribution in [1.29, 1.82) is 0 Å². The lowest BCUT2D eigenvalue weighted by Gasteiger charge is -2.20. The molecule has 2 rings (SSSR count). The molecule has 16 heavy (non-hydrogen) atoms. The van der Waals surface area contributed by atoms with Crippen molar-refractivity contribution < 1.29 is 4.79 Å². The fourth-order valence-corrected chi connectivity index (χ4v) is 2.20. The highest BCUT2D eigenvalue weighted by molar-refractivity contribution is 5.84. The molecule has 1 amide bonds. The molecule has 1 aromatic carbocycles. The first-order valence-electron chi connectivity index (χ1n) is 5.85. The molecule has 1 saturated heterocycles. The SMILES string of the molecule is CC1CN(Cc2ccccc2)C(=O)C1(C)C. The number of hydrogen-bond acceptors (Lipinski definition) is 1. The van der Waals surface area contributed by atoms with Crippen molar-refractivity contribution in [2.24, 2.45) is 11.3 Å². The second kappa shape index (κ2) is 3.93. The molecule has 2 heteroatoms. The van der Waals surface area contributed by atoms with Crippen molar-refractivity contribution in [3.8, 4) is 0 Å². The molecule has 0 aliphatic carbocycles. The van der Waals surface area contributed by atoms with Gasteiger partial charge in [-0.25, -0.2) is 0 Å². The van der Waals surface area contributed by atoms with Crippen LogP contribution in [0, 0.1) is 11.3 Å². The average molecular weight is 217 g/mol. The van der Waals surface area contributed by atoms with E-state index in [0.717, 1.165) is 13.1 Å². The van der Waals surface area contributed by atoms with Crippen LogP contribution < -0.4 is 0 Å². The minimum absolute atomic E-state index is 0.200. The first kappa shape index (κ1) is 11.2. The molecule has 1 fully saturated rings. The third kappa shape index (κ3) is 1.84. The summed E-state index contributed by atoms with van der Waals surface area (Å²) in [6, 6.07) is 10.2. The Morgan fingerprint density at radius 3 is 2.44 bits per heavy atom. The van der Waals surface area contributed by atoms with Gasteiger partial charge in [-0.1, -0.05) is 51.1 Å². The minimum atomic E-state index is -0.200. The van der Waals surface area contributed by atoms with Crippen molar-refractivity contribution in [3.63, 3.8) is 0 Å². The fourth-order valence-electron chi connectivity index (χ4n) is 2.20. The number of carbonyl (C=O) groups is 1. The number of likely N-dealkylation sites (tertiary alicyclic amines) is 1. The van der Waals surface area contributed by atoms with Gasteiger partial charge in [0.15, 0.2) is 0 Å². The topological polar surface area (TPSA) is 20.3 Å². The van der Waals surface area contributed by atoms with Crippen molar-refractivity contribution in [2.75, 3.05) is 6.54 Å². The van der Waals surface area contributed by atoms with Crippen LogP contribution in [0.3, 0.4) is 0 Å². The zero-order valence-electron chi connectivity index (χ0n) is 10.2. The monoisotopic (exact) mass is 217 g/mol. The summed E-state index contributed by atoms with van der Waals surface area (Å²) in [5.41, 5.74) is 1.01. The molecule has 1 aliphatic rings. The summed E-state index contributed by atoms with van der Waals surface area (Å²) < 4.78 is 0. The van der Waals surface area contributed by atoms with E-state index in [4.69, 9.17) is 0 Å². The smallest absolute Gasteiger partial charge is 0.228 e. The Labute approximate surface area is 97.3 Å². The third-order valence-corrected chi connectivity index (χ3v) is 3.78. The zero-order chi connectivity index (χ0) is 11.8. The van der Waals surface area contributed by atoms with E-state index in [2.05, 4.69) is 19.1 Å². The lowest BCUT2D eigenvalue weighted by molar-refractivity contribution is -0.135. The molecule has 0 aromatic heterocycles. The Hall–Kier alpha value is -1.31. The Morgan fingerprint density at radius 1 is 1.31 bits per heavy atom. The van der Waals surface area contributed by atoms with E-state index in [1.54, 1.807) is 0 Å². The summed E-state index contributed by atoms with van der Waals surface area (Å²) in [5.74, 6) is 0.715. The molecule has 1 heterocycles. The summed E-state index contributed by atoms with van der Waals surface area (Å²) in [7, 11) is 0. The Balaban J connectivity index is 2.11. The van der Waals surface area contributed by atoms with Crippen LogP contribution in [0.5, 0.6) is 0 Å². The molecule has 0 spiro atoms. The van der Waals surface area contributed by atoms with Crippen LogP contribution in [0.1, 0.15) is 26.3 Å². The van der Waals surface area contributed by atoms with E-state index in [9.17, 15) is 4.79 Å². The van der Waals surface area contributed by atoms with E-state index >= 15 is 0 Å². The largest absolute Gasteiger partial charge is 0.338 e. The van der Waals surface area contributed by atoms with Gasteiger partial charge in [-0.15, -0.1) is 0 Å². The highest BCUT2D eigenvalue weighted by atomic mass is 16.2. The molecule has 1 unspecified atom stereocenters. The standard InChI is InChI=1S/C14H19NO/c1-11-9-15(13(16)14(11,2)3)10-12-7-5-4-6-8-12/h4-8,11H,9-10H2,1-3H3. The van der Waals surface area contributed by atoms with Crippen LogP contribution in [0.15, 0.2) is 30.3 Å². The summed E-state index contributed by atoms with van der Waals surface area (Å²) >= 11 is 0. The van der Waals surface area contributed by atoms with Crippen LogP contribution in [0.25, 0.3) is 0 Å². The van der Waals surface area contributed by atoms with Gasteiger partial charge in [0.1, 0.15) is 0 Å². The molecular formula is C14H19NO. The summed E-state index contributed by atoms with van der Waals surface area (Å²) in [6.45, 7) is 7.87. The van der Waals surface area contributed by atoms with Gasteiger partial charge in [-0.05, 0) is 11.5 Å². The maximum absolute atomic E-state index is 12.2. The number of benzene rings is 1. The third-order valence-electron chi connectivity index (χ3n) is 3.78. The highest BCUT2D eigenvalue weighted by Crippen LogP contribution is 2.36. The summed E-state index contributed by atoms with van der Waals surface area (Å²) in [6.07, 6.45) is 0. The zero-order valence-corrected chi connectivity index (χ0v) is 10.2. The Bertz CT molecular complexity index is 383. The van der Waals surface area contributed by atoms with Crippen LogP contribution in [0.2, 0.25) is 0 Å². The Kier molecular flexibility index (Phi) is 2.75. The predicted molar refractivity (Wildman–Crippen MR) is 64.8 cm³/mol. The van der Waals surface area contributed by atoms with Crippen LogP contribution in [0.4, 0.5) is 0 Å². The van der Waals surface area contributed by atoms with Gasteiger partial charge in [0.05, 0.1) is 0 Å². The van der Waals surface area contributed by atoms with Gasteiger partial charge >= 0.3 is 0 Å². The van der Waals surface area contributed by atoms with Gasteiger partial charge in [-0.2, -0.15) is 0 Å². The van der Waals surface area contributed by atoms with Gasteiger partial charge in [0, 0.05) is 18.5 Å². The minimum Gasteiger partial charge on any atom is -0.338 e. The van der Waals surface area contributed by atoms with Crippen molar-refractivity contribution in [1.82, 2.24) is 4.90 Å². The number of nitrogens with zero attached hydrogens (tertiary/aromatic N) is 1. The number of hydrogen-bond donors (Lipinski definition) is 0. The highest BCUT2D eigenvalue weighted by Gasteiger charge is 2.44. The maximum atomic E-state index is 12.2. The summed E-state index contributed by atoms with van der Waals surface area (Å²) in [5, 5.41) is 0. The second-order valence-electron chi connectivity index (χ2n) is 5.29. The number of carbonyl (C=O) groups excluding carboxylic acids is 1. The summed E-state index contributed by atoms with van der Waals surface area (Å²) in [4.78, 5) is 14.1. The van der Waals surface area contributed by atoms with Gasteiger partial charge in [-0.3, -0.25) is 4.79 Å². The van der Waals surface area contributed by atoms with Crippen molar-refractivity contribution >= 4 is 5.91 Å². The molecule has 0 N–H and O–H groups in total. The molecule has 0 radical (unpaired) electrons. The predicted octanol–water partition coefficient (Wildman–Crippen LogP) is 2.69. The molecular weight excluding hydrogens is 198 g/mol. The quantitative estimate of drug-likeness (QED) is 0.746. The second-order valence-corrected chi connectivity index (χ2v) is 5.29.